The van der Waals surface area contributed by atoms with E-state index in [0.29, 0.717) is 11.3 Å². The minimum absolute atomic E-state index is 0.139. The lowest BCUT2D eigenvalue weighted by Crippen LogP contribution is -2.27. The van der Waals surface area contributed by atoms with Crippen LogP contribution in [0.2, 0.25) is 0 Å². The number of thioether (sulfide) groups is 1. The Balaban J connectivity index is 1.38. The van der Waals surface area contributed by atoms with Crippen molar-refractivity contribution in [2.75, 3.05) is 17.7 Å². The Labute approximate surface area is 181 Å². The van der Waals surface area contributed by atoms with Gasteiger partial charge in [-0.3, -0.25) is 9.59 Å². The first-order valence-corrected chi connectivity index (χ1v) is 11.5. The van der Waals surface area contributed by atoms with Gasteiger partial charge < -0.3 is 19.9 Å². The number of benzene rings is 1. The van der Waals surface area contributed by atoms with Crippen LogP contribution in [0.15, 0.2) is 29.4 Å². The van der Waals surface area contributed by atoms with Gasteiger partial charge in [-0.05, 0) is 51.7 Å². The van der Waals surface area contributed by atoms with E-state index in [2.05, 4.69) is 27.1 Å². The Morgan fingerprint density at radius 1 is 1.23 bits per heavy atom. The van der Waals surface area contributed by atoms with Crippen molar-refractivity contribution in [2.45, 2.75) is 63.4 Å². The highest BCUT2D eigenvalue weighted by atomic mass is 32.2. The number of anilines is 1. The van der Waals surface area contributed by atoms with Crippen molar-refractivity contribution in [3.63, 3.8) is 0 Å². The lowest BCUT2D eigenvalue weighted by atomic mass is 10.1. The molecule has 7 nitrogen and oxygen atoms in total. The molecule has 1 aromatic heterocycles. The lowest BCUT2D eigenvalue weighted by molar-refractivity contribution is -0.113. The van der Waals surface area contributed by atoms with E-state index in [1.807, 2.05) is 13.0 Å². The Kier molecular flexibility index (Phi) is 6.43. The summed E-state index contributed by atoms with van der Waals surface area (Å²) in [5.74, 6) is -0.0759. The fourth-order valence-corrected chi connectivity index (χ4v) is 4.44. The van der Waals surface area contributed by atoms with Gasteiger partial charge in [0.2, 0.25) is 5.91 Å². The van der Waals surface area contributed by atoms with Gasteiger partial charge in [-0.2, -0.15) is 0 Å². The normalized spacial score (nSPS) is 18.4. The smallest absolute Gasteiger partial charge is 0.253 e. The molecule has 2 amide bonds. The van der Waals surface area contributed by atoms with Gasteiger partial charge in [0, 0.05) is 18.3 Å². The maximum absolute atomic E-state index is 12.6. The predicted octanol–water partition coefficient (Wildman–Crippen LogP) is 3.30. The average Bonchev–Trinajstić information content (AvgIpc) is 3.31. The third-order valence-corrected chi connectivity index (χ3v) is 6.50. The molecule has 4 rings (SSSR count). The number of amides is 2. The number of carbonyl (C=O) groups is 2. The molecule has 2 aromatic rings. The van der Waals surface area contributed by atoms with Crippen LogP contribution in [0.1, 0.15) is 47.4 Å². The first-order valence-electron chi connectivity index (χ1n) is 10.5. The molecule has 2 fully saturated rings. The number of para-hydroxylation sites is 1. The molecular formula is C22H28N4O3S. The molecule has 0 spiro atoms. The average molecular weight is 429 g/mol. The van der Waals surface area contributed by atoms with Crippen molar-refractivity contribution >= 4 is 29.3 Å². The Morgan fingerprint density at radius 3 is 2.77 bits per heavy atom. The van der Waals surface area contributed by atoms with Gasteiger partial charge >= 0.3 is 0 Å². The van der Waals surface area contributed by atoms with Crippen LogP contribution < -0.4 is 10.6 Å². The summed E-state index contributed by atoms with van der Waals surface area (Å²) in [6.07, 6.45) is 4.40. The molecule has 0 radical (unpaired) electrons. The monoisotopic (exact) mass is 428 g/mol. The van der Waals surface area contributed by atoms with Crippen LogP contribution in [0, 0.1) is 13.8 Å². The minimum atomic E-state index is -0.159. The molecule has 2 aliphatic rings. The first kappa shape index (κ1) is 20.9. The lowest BCUT2D eigenvalue weighted by Gasteiger charge is -2.15. The third-order valence-electron chi connectivity index (χ3n) is 5.52. The van der Waals surface area contributed by atoms with Crippen LogP contribution in [-0.2, 0) is 16.1 Å². The van der Waals surface area contributed by atoms with Gasteiger partial charge in [0.1, 0.15) is 0 Å². The highest BCUT2D eigenvalue weighted by molar-refractivity contribution is 7.99. The van der Waals surface area contributed by atoms with Gasteiger partial charge in [0.25, 0.3) is 5.91 Å². The Hall–Kier alpha value is -2.32. The second-order valence-electron chi connectivity index (χ2n) is 7.94. The molecule has 8 heteroatoms. The first-order chi connectivity index (χ1) is 14.5. The van der Waals surface area contributed by atoms with Crippen LogP contribution in [0.4, 0.5) is 5.69 Å². The van der Waals surface area contributed by atoms with Crippen molar-refractivity contribution < 1.29 is 14.3 Å². The third kappa shape index (κ3) is 5.05. The maximum atomic E-state index is 12.6. The fourth-order valence-electron chi connectivity index (χ4n) is 3.54. The zero-order valence-corrected chi connectivity index (χ0v) is 18.3. The summed E-state index contributed by atoms with van der Waals surface area (Å²) in [6, 6.07) is 7.39. The van der Waals surface area contributed by atoms with E-state index in [-0.39, 0.29) is 29.7 Å². The van der Waals surface area contributed by atoms with Gasteiger partial charge in [0.15, 0.2) is 5.16 Å². The van der Waals surface area contributed by atoms with Gasteiger partial charge in [-0.25, -0.2) is 4.98 Å². The summed E-state index contributed by atoms with van der Waals surface area (Å²) >= 11 is 1.41. The number of nitrogens with one attached hydrogen (secondary N) is 2. The summed E-state index contributed by atoms with van der Waals surface area (Å²) in [5, 5.41) is 6.69. The van der Waals surface area contributed by atoms with Crippen LogP contribution in [0.5, 0.6) is 0 Å². The molecule has 1 unspecified atom stereocenters. The minimum Gasteiger partial charge on any atom is -0.376 e. The highest BCUT2D eigenvalue weighted by Crippen LogP contribution is 2.25. The second-order valence-corrected chi connectivity index (χ2v) is 8.88. The molecule has 2 heterocycles. The van der Waals surface area contributed by atoms with Gasteiger partial charge in [-0.1, -0.05) is 23.9 Å². The molecule has 1 atom stereocenters. The van der Waals surface area contributed by atoms with E-state index in [0.717, 1.165) is 55.4 Å². The van der Waals surface area contributed by atoms with Crippen LogP contribution in [0.3, 0.4) is 0 Å². The van der Waals surface area contributed by atoms with E-state index in [1.54, 1.807) is 18.2 Å². The van der Waals surface area contributed by atoms with Crippen molar-refractivity contribution in [3.8, 4) is 0 Å². The van der Waals surface area contributed by atoms with E-state index in [4.69, 9.17) is 4.74 Å². The zero-order chi connectivity index (χ0) is 21.1. The van der Waals surface area contributed by atoms with E-state index in [9.17, 15) is 9.59 Å². The zero-order valence-electron chi connectivity index (χ0n) is 17.4. The van der Waals surface area contributed by atoms with Crippen LogP contribution >= 0.6 is 11.8 Å². The number of aryl methyl sites for hydroxylation is 1. The van der Waals surface area contributed by atoms with Crippen LogP contribution in [0.25, 0.3) is 0 Å². The largest absolute Gasteiger partial charge is 0.376 e. The summed E-state index contributed by atoms with van der Waals surface area (Å²) in [7, 11) is 0. The number of nitrogens with zero attached hydrogens (tertiary/aromatic N) is 2. The topological polar surface area (TPSA) is 85.3 Å². The number of hydrogen-bond acceptors (Lipinski definition) is 5. The second kappa shape index (κ2) is 9.22. The highest BCUT2D eigenvalue weighted by Gasteiger charge is 2.25. The molecule has 1 aliphatic heterocycles. The maximum Gasteiger partial charge on any atom is 0.253 e. The summed E-state index contributed by atoms with van der Waals surface area (Å²) in [4.78, 5) is 29.7. The Bertz CT molecular complexity index is 932. The van der Waals surface area contributed by atoms with Crippen molar-refractivity contribution in [1.82, 2.24) is 14.9 Å². The number of ether oxygens (including phenoxy) is 1. The quantitative estimate of drug-likeness (QED) is 0.630. The number of imidazole rings is 1. The predicted molar refractivity (Wildman–Crippen MR) is 117 cm³/mol. The van der Waals surface area contributed by atoms with Gasteiger partial charge in [0.05, 0.1) is 35.3 Å². The summed E-state index contributed by atoms with van der Waals surface area (Å²) in [5.41, 5.74) is 3.11. The van der Waals surface area contributed by atoms with Crippen molar-refractivity contribution in [3.05, 3.63) is 41.2 Å². The molecule has 1 aromatic carbocycles. The number of carbonyl (C=O) groups excluding carboxylic acids is 2. The number of rotatable bonds is 8. The number of hydrogen-bond donors (Lipinski definition) is 2. The summed E-state index contributed by atoms with van der Waals surface area (Å²) in [6.45, 7) is 5.62. The number of aromatic nitrogens is 2. The Morgan fingerprint density at radius 2 is 2.03 bits per heavy atom. The molecule has 2 N–H and O–H groups in total. The molecule has 160 valence electrons. The SMILES string of the molecule is Cc1nc(SCC(=O)Nc2ccccc2C(=O)NC2CC2)n(CC2CCCO2)c1C. The molecule has 30 heavy (non-hydrogen) atoms. The van der Waals surface area contributed by atoms with E-state index < -0.39 is 0 Å². The summed E-state index contributed by atoms with van der Waals surface area (Å²) < 4.78 is 7.93. The van der Waals surface area contributed by atoms with Crippen molar-refractivity contribution in [2.24, 2.45) is 0 Å². The van der Waals surface area contributed by atoms with E-state index >= 15 is 0 Å². The molecule has 1 saturated carbocycles. The van der Waals surface area contributed by atoms with Gasteiger partial charge in [-0.15, -0.1) is 0 Å². The molecular weight excluding hydrogens is 400 g/mol. The molecule has 0 bridgehead atoms. The van der Waals surface area contributed by atoms with E-state index in [1.165, 1.54) is 11.8 Å². The van der Waals surface area contributed by atoms with Crippen LogP contribution in [-0.4, -0.2) is 45.9 Å². The molecule has 1 aliphatic carbocycles. The van der Waals surface area contributed by atoms with Crippen molar-refractivity contribution in [1.29, 1.82) is 0 Å². The fraction of sp³-hybridized carbons (Fsp3) is 0.500. The molecule has 1 saturated heterocycles. The standard InChI is InChI=1S/C22H28N4O3S/c1-14-15(2)26(12-17-6-5-11-29-17)22(23-14)30-13-20(27)25-19-8-4-3-7-18(19)21(28)24-16-9-10-16/h3-4,7-8,16-17H,5-6,9-13H2,1-2H3,(H,24,28)(H,25,27).